The SMILES string of the molecule is CC(C)NCc1cnccc1OC1CC(C)OC(C)C1. The van der Waals surface area contributed by atoms with E-state index in [1.807, 2.05) is 12.3 Å². The average Bonchev–Trinajstić information content (AvgIpc) is 2.36. The molecule has 1 aliphatic rings. The predicted molar refractivity (Wildman–Crippen MR) is 79.9 cm³/mol. The van der Waals surface area contributed by atoms with Gasteiger partial charge in [-0.15, -0.1) is 0 Å². The Morgan fingerprint density at radius 1 is 1.35 bits per heavy atom. The summed E-state index contributed by atoms with van der Waals surface area (Å²) in [4.78, 5) is 4.20. The van der Waals surface area contributed by atoms with E-state index in [0.717, 1.165) is 30.7 Å². The van der Waals surface area contributed by atoms with Crippen LogP contribution in [0.1, 0.15) is 46.1 Å². The van der Waals surface area contributed by atoms with Gasteiger partial charge in [-0.2, -0.15) is 0 Å². The normalized spacial score (nSPS) is 26.8. The van der Waals surface area contributed by atoms with Gasteiger partial charge in [-0.25, -0.2) is 0 Å². The van der Waals surface area contributed by atoms with Crippen LogP contribution in [0.5, 0.6) is 5.75 Å². The van der Waals surface area contributed by atoms with E-state index >= 15 is 0 Å². The zero-order valence-corrected chi connectivity index (χ0v) is 12.9. The summed E-state index contributed by atoms with van der Waals surface area (Å²) < 4.78 is 12.0. The molecular weight excluding hydrogens is 252 g/mol. The molecule has 0 spiro atoms. The molecule has 0 aromatic carbocycles. The molecule has 2 rings (SSSR count). The highest BCUT2D eigenvalue weighted by Gasteiger charge is 2.26. The highest BCUT2D eigenvalue weighted by molar-refractivity contribution is 5.30. The minimum atomic E-state index is 0.231. The van der Waals surface area contributed by atoms with Gasteiger partial charge in [0.15, 0.2) is 0 Å². The number of pyridine rings is 1. The van der Waals surface area contributed by atoms with Gasteiger partial charge in [-0.3, -0.25) is 4.98 Å². The van der Waals surface area contributed by atoms with Crippen molar-refractivity contribution in [3.05, 3.63) is 24.0 Å². The number of ether oxygens (including phenoxy) is 2. The van der Waals surface area contributed by atoms with E-state index in [2.05, 4.69) is 38.0 Å². The molecule has 0 saturated carbocycles. The lowest BCUT2D eigenvalue weighted by Gasteiger charge is -2.32. The number of hydrogen-bond acceptors (Lipinski definition) is 4. The topological polar surface area (TPSA) is 43.4 Å². The van der Waals surface area contributed by atoms with E-state index in [4.69, 9.17) is 9.47 Å². The Bertz CT molecular complexity index is 413. The summed E-state index contributed by atoms with van der Waals surface area (Å²) >= 11 is 0. The maximum Gasteiger partial charge on any atom is 0.127 e. The van der Waals surface area contributed by atoms with Gasteiger partial charge in [-0.1, -0.05) is 13.8 Å². The standard InChI is InChI=1S/C16H26N2O2/c1-11(2)18-10-14-9-17-6-5-16(14)20-15-7-12(3)19-13(4)8-15/h5-6,9,11-13,15,18H,7-8,10H2,1-4H3. The third-order valence-corrected chi connectivity index (χ3v) is 3.51. The first-order valence-electron chi connectivity index (χ1n) is 7.53. The molecule has 1 aromatic rings. The Balaban J connectivity index is 2.01. The first-order chi connectivity index (χ1) is 9.54. The summed E-state index contributed by atoms with van der Waals surface area (Å²) in [5, 5.41) is 3.41. The van der Waals surface area contributed by atoms with Crippen molar-refractivity contribution < 1.29 is 9.47 Å². The molecule has 2 heterocycles. The molecule has 4 heteroatoms. The molecule has 0 aliphatic carbocycles. The van der Waals surface area contributed by atoms with Gasteiger partial charge >= 0.3 is 0 Å². The largest absolute Gasteiger partial charge is 0.490 e. The highest BCUT2D eigenvalue weighted by Crippen LogP contribution is 2.26. The van der Waals surface area contributed by atoms with Crippen molar-refractivity contribution in [3.63, 3.8) is 0 Å². The first-order valence-corrected chi connectivity index (χ1v) is 7.53. The van der Waals surface area contributed by atoms with Crippen LogP contribution in [0.2, 0.25) is 0 Å². The number of hydrogen-bond donors (Lipinski definition) is 1. The Labute approximate surface area is 121 Å². The van der Waals surface area contributed by atoms with E-state index in [1.54, 1.807) is 6.20 Å². The van der Waals surface area contributed by atoms with Gasteiger partial charge < -0.3 is 14.8 Å². The lowest BCUT2D eigenvalue weighted by molar-refractivity contribution is -0.0723. The molecular formula is C16H26N2O2. The third kappa shape index (κ3) is 4.46. The van der Waals surface area contributed by atoms with E-state index in [0.29, 0.717) is 6.04 Å². The van der Waals surface area contributed by atoms with Gasteiger partial charge in [0.2, 0.25) is 0 Å². The molecule has 0 amide bonds. The van der Waals surface area contributed by atoms with Crippen molar-refractivity contribution in [2.45, 2.75) is 71.4 Å². The van der Waals surface area contributed by atoms with E-state index < -0.39 is 0 Å². The van der Waals surface area contributed by atoms with Crippen LogP contribution in [-0.4, -0.2) is 29.3 Å². The second-order valence-electron chi connectivity index (χ2n) is 5.99. The van der Waals surface area contributed by atoms with Gasteiger partial charge in [0.1, 0.15) is 11.9 Å². The molecule has 2 unspecified atom stereocenters. The fourth-order valence-corrected chi connectivity index (χ4v) is 2.60. The second-order valence-corrected chi connectivity index (χ2v) is 5.99. The van der Waals surface area contributed by atoms with Crippen LogP contribution in [0.15, 0.2) is 18.5 Å². The number of aromatic nitrogens is 1. The zero-order valence-electron chi connectivity index (χ0n) is 12.9. The maximum atomic E-state index is 6.20. The van der Waals surface area contributed by atoms with Crippen LogP contribution < -0.4 is 10.1 Å². The third-order valence-electron chi connectivity index (χ3n) is 3.51. The number of nitrogens with zero attached hydrogens (tertiary/aromatic N) is 1. The molecule has 0 radical (unpaired) electrons. The monoisotopic (exact) mass is 278 g/mol. The van der Waals surface area contributed by atoms with Crippen LogP contribution in [0.3, 0.4) is 0 Å². The molecule has 20 heavy (non-hydrogen) atoms. The second kappa shape index (κ2) is 7.04. The summed E-state index contributed by atoms with van der Waals surface area (Å²) in [5.41, 5.74) is 1.12. The molecule has 0 bridgehead atoms. The lowest BCUT2D eigenvalue weighted by Crippen LogP contribution is -2.36. The van der Waals surface area contributed by atoms with Crippen molar-refractivity contribution >= 4 is 0 Å². The average molecular weight is 278 g/mol. The summed E-state index contributed by atoms with van der Waals surface area (Å²) in [5.74, 6) is 0.944. The fourth-order valence-electron chi connectivity index (χ4n) is 2.60. The molecule has 1 aliphatic heterocycles. The Morgan fingerprint density at radius 2 is 2.05 bits per heavy atom. The fraction of sp³-hybridized carbons (Fsp3) is 0.688. The quantitative estimate of drug-likeness (QED) is 0.899. The van der Waals surface area contributed by atoms with Crippen molar-refractivity contribution in [2.24, 2.45) is 0 Å². The van der Waals surface area contributed by atoms with Crippen molar-refractivity contribution in [1.29, 1.82) is 0 Å². The molecule has 1 N–H and O–H groups in total. The molecule has 112 valence electrons. The molecule has 1 saturated heterocycles. The maximum absolute atomic E-state index is 6.20. The Kier molecular flexibility index (Phi) is 5.38. The van der Waals surface area contributed by atoms with Crippen molar-refractivity contribution in [3.8, 4) is 5.75 Å². The summed E-state index contributed by atoms with van der Waals surface area (Å²) in [6.07, 6.45) is 6.34. The number of nitrogens with one attached hydrogen (secondary N) is 1. The van der Waals surface area contributed by atoms with Crippen LogP contribution in [0, 0.1) is 0 Å². The summed E-state index contributed by atoms with van der Waals surface area (Å²) in [6.45, 7) is 9.28. The van der Waals surface area contributed by atoms with E-state index in [1.165, 1.54) is 0 Å². The number of rotatable bonds is 5. The highest BCUT2D eigenvalue weighted by atomic mass is 16.5. The van der Waals surface area contributed by atoms with E-state index in [-0.39, 0.29) is 18.3 Å². The van der Waals surface area contributed by atoms with Crippen LogP contribution in [0.25, 0.3) is 0 Å². The van der Waals surface area contributed by atoms with Crippen LogP contribution in [0.4, 0.5) is 0 Å². The Hall–Kier alpha value is -1.13. The first kappa shape index (κ1) is 15.3. The van der Waals surface area contributed by atoms with Gasteiger partial charge in [0.05, 0.1) is 12.2 Å². The van der Waals surface area contributed by atoms with Gasteiger partial charge in [0.25, 0.3) is 0 Å². The van der Waals surface area contributed by atoms with Gasteiger partial charge in [-0.05, 0) is 19.9 Å². The lowest BCUT2D eigenvalue weighted by atomic mass is 10.0. The molecule has 1 aromatic heterocycles. The van der Waals surface area contributed by atoms with Crippen LogP contribution in [-0.2, 0) is 11.3 Å². The smallest absolute Gasteiger partial charge is 0.127 e. The minimum Gasteiger partial charge on any atom is -0.490 e. The van der Waals surface area contributed by atoms with Gasteiger partial charge in [0, 0.05) is 43.4 Å². The molecule has 2 atom stereocenters. The summed E-state index contributed by atoms with van der Waals surface area (Å²) in [6, 6.07) is 2.41. The predicted octanol–water partition coefficient (Wildman–Crippen LogP) is 2.91. The van der Waals surface area contributed by atoms with Crippen molar-refractivity contribution in [1.82, 2.24) is 10.3 Å². The van der Waals surface area contributed by atoms with E-state index in [9.17, 15) is 0 Å². The zero-order chi connectivity index (χ0) is 14.5. The molecule has 1 fully saturated rings. The molecule has 4 nitrogen and oxygen atoms in total. The Morgan fingerprint density at radius 3 is 2.70 bits per heavy atom. The summed E-state index contributed by atoms with van der Waals surface area (Å²) in [7, 11) is 0. The van der Waals surface area contributed by atoms with Crippen LogP contribution >= 0.6 is 0 Å². The minimum absolute atomic E-state index is 0.231. The van der Waals surface area contributed by atoms with Crippen molar-refractivity contribution in [2.75, 3.05) is 0 Å².